The first-order chi connectivity index (χ1) is 2.50. The number of ether oxygens (including phenoxy) is 1. The van der Waals surface area contributed by atoms with Gasteiger partial charge in [0.25, 0.3) is 0 Å². The molecule has 1 nitrogen and oxygen atoms in total. The van der Waals surface area contributed by atoms with Gasteiger partial charge in [-0.15, -0.1) is 0 Å². The van der Waals surface area contributed by atoms with Crippen LogP contribution in [0.25, 0.3) is 0 Å². The first-order valence-electron chi connectivity index (χ1n) is 2.08. The summed E-state index contributed by atoms with van der Waals surface area (Å²) in [6.07, 6.45) is 2.56. The molecule has 1 rings (SSSR count). The molecule has 0 radical (unpaired) electrons. The molecule has 5 heavy (non-hydrogen) atoms. The lowest BCUT2D eigenvalue weighted by Crippen LogP contribution is -1.74. The summed E-state index contributed by atoms with van der Waals surface area (Å²) in [5.41, 5.74) is 0. The summed E-state index contributed by atoms with van der Waals surface area (Å²) < 4.78 is 4.94. The molecular weight excluding hydrogens is 66.0 g/mol. The van der Waals surface area contributed by atoms with Crippen molar-refractivity contribution in [2.45, 2.75) is 12.8 Å². The summed E-state index contributed by atoms with van der Waals surface area (Å²) >= 11 is 0. The summed E-state index contributed by atoms with van der Waals surface area (Å²) in [4.78, 5) is 0. The highest BCUT2D eigenvalue weighted by molar-refractivity contribution is 4.43. The van der Waals surface area contributed by atoms with Crippen LogP contribution < -0.4 is 0 Å². The van der Waals surface area contributed by atoms with Gasteiger partial charge in [-0.3, -0.25) is 0 Å². The molecule has 0 aromatic carbocycles. The Labute approximate surface area is 31.9 Å². The van der Waals surface area contributed by atoms with Gasteiger partial charge >= 0.3 is 0 Å². The van der Waals surface area contributed by atoms with E-state index < -0.39 is 0 Å². The van der Waals surface area contributed by atoms with Crippen molar-refractivity contribution in [3.05, 3.63) is 0 Å². The van der Waals surface area contributed by atoms with Crippen molar-refractivity contribution in [1.29, 1.82) is 0 Å². The van der Waals surface area contributed by atoms with E-state index in [4.69, 9.17) is 4.74 Å². The Bertz CT molecular complexity index is 15.2. The third-order valence-corrected chi connectivity index (χ3v) is 0.827. The Kier molecular flexibility index (Phi) is 0.892. The fourth-order valence-electron chi connectivity index (χ4n) is 0.510. The number of rotatable bonds is 0. The van der Waals surface area contributed by atoms with Crippen molar-refractivity contribution < 1.29 is 4.74 Å². The van der Waals surface area contributed by atoms with Crippen LogP contribution in [0.15, 0.2) is 0 Å². The fraction of sp³-hybridized carbons (Fsp3) is 1.00. The van der Waals surface area contributed by atoms with Crippen LogP contribution in [0.4, 0.5) is 0 Å². The van der Waals surface area contributed by atoms with Gasteiger partial charge in [0.2, 0.25) is 0 Å². The van der Waals surface area contributed by atoms with Crippen molar-refractivity contribution in [2.75, 3.05) is 13.2 Å². The van der Waals surface area contributed by atoms with E-state index in [0.717, 1.165) is 13.2 Å². The van der Waals surface area contributed by atoms with E-state index in [9.17, 15) is 0 Å². The van der Waals surface area contributed by atoms with E-state index >= 15 is 0 Å². The minimum absolute atomic E-state index is 1.00. The monoisotopic (exact) mass is 74.1 g/mol. The molecule has 0 unspecified atom stereocenters. The summed E-state index contributed by atoms with van der Waals surface area (Å²) in [6, 6.07) is 0. The number of hydrogen-bond acceptors (Lipinski definition) is 1. The molecule has 1 aliphatic heterocycles. The Morgan fingerprint density at radius 1 is 1.60 bits per heavy atom. The maximum atomic E-state index is 4.94. The average Bonchev–Trinajstić information content (AvgIpc) is 1.76. The van der Waals surface area contributed by atoms with Crippen LogP contribution in [-0.4, -0.2) is 13.2 Å². The smallest absolute Gasteiger partial charge is 0.0466 e. The third kappa shape index (κ3) is 0.618. The molecule has 1 aliphatic rings. The van der Waals surface area contributed by atoms with E-state index in [1.807, 2.05) is 0 Å². The van der Waals surface area contributed by atoms with E-state index in [2.05, 4.69) is 0 Å². The highest BCUT2D eigenvalue weighted by Gasteiger charge is 1.94. The van der Waals surface area contributed by atoms with Gasteiger partial charge in [-0.2, -0.15) is 0 Å². The molecule has 0 aromatic rings. The quantitative estimate of drug-likeness (QED) is 0.413. The minimum Gasteiger partial charge on any atom is -0.381 e. The first-order valence-corrected chi connectivity index (χ1v) is 2.08. The topological polar surface area (TPSA) is 9.23 Å². The van der Waals surface area contributed by atoms with Gasteiger partial charge in [-0.25, -0.2) is 0 Å². The van der Waals surface area contributed by atoms with E-state index in [0.29, 0.717) is 0 Å². The van der Waals surface area contributed by atoms with E-state index in [1.54, 1.807) is 0 Å². The molecule has 1 heterocycles. The van der Waals surface area contributed by atoms with Crippen molar-refractivity contribution >= 4 is 0 Å². The maximum absolute atomic E-state index is 4.94. The van der Waals surface area contributed by atoms with Gasteiger partial charge in [0.05, 0.1) is 0 Å². The van der Waals surface area contributed by atoms with Crippen molar-refractivity contribution in [2.24, 2.45) is 0 Å². The molecule has 30 valence electrons. The van der Waals surface area contributed by atoms with Gasteiger partial charge < -0.3 is 4.74 Å². The fourth-order valence-corrected chi connectivity index (χ4v) is 0.510. The zero-order valence-corrected chi connectivity index (χ0v) is 3.24. The minimum atomic E-state index is 1.00. The lowest BCUT2D eigenvalue weighted by atomic mass is 10.5. The second-order valence-electron chi connectivity index (χ2n) is 1.32. The highest BCUT2D eigenvalue weighted by atomic mass is 16.6. The molecule has 0 bridgehead atoms. The molecular formula is C4H8O. The van der Waals surface area contributed by atoms with Gasteiger partial charge in [0.1, 0.15) is 0 Å². The molecule has 0 aromatic heterocycles. The molecule has 0 N–H and O–H groups in total. The van der Waals surface area contributed by atoms with Gasteiger partial charge in [0, 0.05) is 13.2 Å². The molecule has 0 atom stereocenters. The zero-order valence-electron chi connectivity index (χ0n) is 3.24. The largest absolute Gasteiger partial charge is 0.381 e. The van der Waals surface area contributed by atoms with Crippen LogP contribution in [0.3, 0.4) is 0 Å². The SMILES string of the molecule is C1C[14CH2]OC1. The highest BCUT2D eigenvalue weighted by Crippen LogP contribution is 1.98. The molecule has 0 amide bonds. The molecule has 0 spiro atoms. The predicted molar refractivity (Wildman–Crippen MR) is 20.1 cm³/mol. The molecule has 1 fully saturated rings. The van der Waals surface area contributed by atoms with Crippen molar-refractivity contribution in [3.63, 3.8) is 0 Å². The van der Waals surface area contributed by atoms with E-state index in [-0.39, 0.29) is 0 Å². The Morgan fingerprint density at radius 3 is 2.80 bits per heavy atom. The first kappa shape index (κ1) is 3.16. The summed E-state index contributed by atoms with van der Waals surface area (Å²) in [6.45, 7) is 2.00. The van der Waals surface area contributed by atoms with Crippen LogP contribution in [-0.2, 0) is 4.74 Å². The molecule has 0 aliphatic carbocycles. The lowest BCUT2D eigenvalue weighted by molar-refractivity contribution is 0.198. The Hall–Kier alpha value is -0.0400. The van der Waals surface area contributed by atoms with Gasteiger partial charge in [-0.1, -0.05) is 0 Å². The summed E-state index contributed by atoms with van der Waals surface area (Å²) in [5, 5.41) is 0. The zero-order chi connectivity index (χ0) is 3.54. The van der Waals surface area contributed by atoms with Gasteiger partial charge in [-0.05, 0) is 12.8 Å². The van der Waals surface area contributed by atoms with E-state index in [1.165, 1.54) is 12.8 Å². The average molecular weight is 74.1 g/mol. The second-order valence-corrected chi connectivity index (χ2v) is 1.32. The van der Waals surface area contributed by atoms with Crippen molar-refractivity contribution in [3.8, 4) is 0 Å². The predicted octanol–water partition coefficient (Wildman–Crippen LogP) is 0.797. The molecule has 1 heteroatoms. The Morgan fingerprint density at radius 2 is 2.60 bits per heavy atom. The summed E-state index contributed by atoms with van der Waals surface area (Å²) in [7, 11) is 0. The normalized spacial score (nSPS) is 24.0. The standard InChI is InChI=1S/C4H8O/c1-2-4-5-3-1/h1-4H2/i3+2. The van der Waals surface area contributed by atoms with Crippen LogP contribution >= 0.6 is 0 Å². The van der Waals surface area contributed by atoms with Crippen LogP contribution in [0.2, 0.25) is 0 Å². The van der Waals surface area contributed by atoms with Crippen LogP contribution in [0, 0.1) is 0 Å². The molecule has 1 saturated heterocycles. The van der Waals surface area contributed by atoms with Gasteiger partial charge in [0.15, 0.2) is 0 Å². The Balaban J connectivity index is 2.08. The lowest BCUT2D eigenvalue weighted by Gasteiger charge is -1.76. The van der Waals surface area contributed by atoms with Crippen LogP contribution in [0.5, 0.6) is 0 Å². The molecule has 0 saturated carbocycles. The summed E-state index contributed by atoms with van der Waals surface area (Å²) in [5.74, 6) is 0. The third-order valence-electron chi connectivity index (χ3n) is 0.827. The maximum Gasteiger partial charge on any atom is 0.0466 e. The second kappa shape index (κ2) is 1.41. The van der Waals surface area contributed by atoms with Crippen molar-refractivity contribution in [1.82, 2.24) is 0 Å². The van der Waals surface area contributed by atoms with Crippen LogP contribution in [0.1, 0.15) is 12.8 Å². The number of hydrogen-bond donors (Lipinski definition) is 0.